The lowest BCUT2D eigenvalue weighted by molar-refractivity contribution is -0.145. The summed E-state index contributed by atoms with van der Waals surface area (Å²) in [5, 5.41) is 68.5. The van der Waals surface area contributed by atoms with Crippen molar-refractivity contribution in [3.8, 4) is 11.5 Å². The molecule has 0 radical (unpaired) electrons. The zero-order valence-electron chi connectivity index (χ0n) is 49.6. The third kappa shape index (κ3) is 25.6. The summed E-state index contributed by atoms with van der Waals surface area (Å²) >= 11 is 1.31. The Hall–Kier alpha value is -9.11. The summed E-state index contributed by atoms with van der Waals surface area (Å²) < 4.78 is 0. The number of rotatable bonds is 38. The number of aromatic hydroxyl groups is 2. The Kier molecular flexibility index (Phi) is 30.2. The maximum absolute atomic E-state index is 14.6. The maximum atomic E-state index is 14.6. The van der Waals surface area contributed by atoms with Crippen LogP contribution in [-0.2, 0) is 80.0 Å². The molecule has 0 saturated carbocycles. The predicted octanol–water partition coefficient (Wildman–Crippen LogP) is -4.77. The van der Waals surface area contributed by atoms with Gasteiger partial charge in [0, 0.05) is 32.2 Å². The summed E-state index contributed by atoms with van der Waals surface area (Å²) in [6.45, 7) is 4.49. The third-order valence-electron chi connectivity index (χ3n) is 13.9. The molecule has 33 heteroatoms. The first-order valence-electron chi connectivity index (χ1n) is 28.3. The van der Waals surface area contributed by atoms with Crippen molar-refractivity contribution >= 4 is 94.6 Å². The van der Waals surface area contributed by atoms with E-state index in [1.807, 2.05) is 0 Å². The van der Waals surface area contributed by atoms with Crippen LogP contribution in [0.2, 0.25) is 0 Å². The molecular weight excluding hydrogens is 1190 g/mol. The van der Waals surface area contributed by atoms with Gasteiger partial charge in [0.25, 0.3) is 0 Å². The summed E-state index contributed by atoms with van der Waals surface area (Å²) in [5.74, 6) is -15.8. The lowest BCUT2D eigenvalue weighted by Crippen LogP contribution is -2.61. The number of aliphatic hydroxyl groups excluding tert-OH is 1. The number of carboxylic acids is 2. The molecule has 2 aromatic rings. The number of nitrogens with one attached hydrogen (secondary N) is 8. The number of carboxylic acid groups (broad SMARTS) is 2. The van der Waals surface area contributed by atoms with Crippen LogP contribution in [0.15, 0.2) is 48.5 Å². The van der Waals surface area contributed by atoms with Crippen LogP contribution in [-0.4, -0.2) is 198 Å². The van der Waals surface area contributed by atoms with Gasteiger partial charge in [-0.15, -0.1) is 0 Å². The number of carbonyl (C=O) groups excluding carboxylic acids is 12. The normalized spacial score (nSPS) is 16.2. The summed E-state index contributed by atoms with van der Waals surface area (Å²) in [5.41, 5.74) is 22.6. The molecule has 1 fully saturated rings. The molecule has 3 rings (SSSR count). The number of hydrogen-bond acceptors (Lipinski definition) is 19. The van der Waals surface area contributed by atoms with E-state index in [-0.39, 0.29) is 74.5 Å². The van der Waals surface area contributed by atoms with E-state index in [1.54, 1.807) is 20.1 Å². The topological polar surface area (TPSA) is 544 Å². The number of amides is 12. The van der Waals surface area contributed by atoms with Crippen LogP contribution in [0.3, 0.4) is 0 Å². The third-order valence-corrected chi connectivity index (χ3v) is 14.5. The van der Waals surface area contributed by atoms with Gasteiger partial charge in [0.2, 0.25) is 70.9 Å². The van der Waals surface area contributed by atoms with Gasteiger partial charge in [-0.3, -0.25) is 62.3 Å². The number of thioether (sulfide) groups is 1. The van der Waals surface area contributed by atoms with Crippen molar-refractivity contribution in [3.63, 3.8) is 0 Å². The second-order valence-electron chi connectivity index (χ2n) is 21.7. The number of phenolic OH excluding ortho intramolecular Hbond substituents is 2. The number of nitrogens with zero attached hydrogens (tertiary/aromatic N) is 1. The zero-order valence-corrected chi connectivity index (χ0v) is 50.4. The van der Waals surface area contributed by atoms with Crippen LogP contribution < -0.4 is 65.5 Å². The summed E-state index contributed by atoms with van der Waals surface area (Å²) in [6, 6.07) is -5.34. The van der Waals surface area contributed by atoms with E-state index in [9.17, 15) is 92.7 Å². The highest BCUT2D eigenvalue weighted by atomic mass is 32.2. The molecule has 1 aliphatic rings. The Morgan fingerprint density at radius 1 is 0.551 bits per heavy atom. The molecule has 0 unspecified atom stereocenters. The van der Waals surface area contributed by atoms with Crippen molar-refractivity contribution in [3.05, 3.63) is 59.7 Å². The van der Waals surface area contributed by atoms with Gasteiger partial charge in [0.1, 0.15) is 59.8 Å². The van der Waals surface area contributed by atoms with E-state index in [2.05, 4.69) is 42.5 Å². The first kappa shape index (κ1) is 74.1. The van der Waals surface area contributed by atoms with E-state index in [1.165, 1.54) is 60.3 Å². The molecule has 11 atom stereocenters. The van der Waals surface area contributed by atoms with E-state index < -0.39 is 181 Å². The van der Waals surface area contributed by atoms with Gasteiger partial charge in [0.05, 0.1) is 25.0 Å². The van der Waals surface area contributed by atoms with E-state index >= 15 is 0 Å². The average Bonchev–Trinajstić information content (AvgIpc) is 4.25. The number of hydrogen-bond donors (Lipinski definition) is 17. The number of aliphatic carboxylic acids is 2. The second-order valence-corrected chi connectivity index (χ2v) is 22.7. The fraction of sp³-hybridized carbons (Fsp3) is 0.536. The molecule has 89 heavy (non-hydrogen) atoms. The lowest BCUT2D eigenvalue weighted by atomic mass is 10.0. The fourth-order valence-corrected chi connectivity index (χ4v) is 9.66. The average molecular weight is 1270 g/mol. The Morgan fingerprint density at radius 3 is 1.43 bits per heavy atom. The SMILES string of the molecule is CSCC[C@H](NC(=O)[C@@H]1CCCN1C(=O)[C@H](CC(C)C)NC(=O)[C@H](CC(N)=O)NC(=O)[C@H](CC(=O)O)NC(=O)[C@H](Cc1ccc(O)cc1)NC(=O)[C@H](CCC(N)=O)NC(=O)[C@@H](N)CCC(N)=O)C(=O)N[C@@H](Cc1ccc(O)cc1)C(=O)N[C@H](C(=O)O)[C@@H](C)O. The van der Waals surface area contributed by atoms with E-state index in [0.717, 1.165) is 11.8 Å². The highest BCUT2D eigenvalue weighted by molar-refractivity contribution is 7.98. The van der Waals surface area contributed by atoms with Crippen molar-refractivity contribution in [2.75, 3.05) is 18.6 Å². The number of carbonyl (C=O) groups is 14. The predicted molar refractivity (Wildman–Crippen MR) is 316 cm³/mol. The first-order chi connectivity index (χ1) is 41.8. The molecule has 0 spiro atoms. The van der Waals surface area contributed by atoms with Gasteiger partial charge in [-0.05, 0) is 98.8 Å². The van der Waals surface area contributed by atoms with Gasteiger partial charge < -0.3 is 95.9 Å². The van der Waals surface area contributed by atoms with Crippen LogP contribution in [0.4, 0.5) is 0 Å². The molecule has 1 saturated heterocycles. The van der Waals surface area contributed by atoms with Crippen molar-refractivity contribution in [2.45, 2.75) is 164 Å². The largest absolute Gasteiger partial charge is 0.508 e. The second kappa shape index (κ2) is 36.3. The number of benzene rings is 2. The highest BCUT2D eigenvalue weighted by Gasteiger charge is 2.41. The monoisotopic (exact) mass is 1270 g/mol. The first-order valence-corrected chi connectivity index (χ1v) is 29.7. The maximum Gasteiger partial charge on any atom is 0.328 e. The molecule has 0 aliphatic carbocycles. The smallest absolute Gasteiger partial charge is 0.328 e. The molecule has 1 aliphatic heterocycles. The summed E-state index contributed by atoms with van der Waals surface area (Å²) in [4.78, 5) is 187. The van der Waals surface area contributed by atoms with Crippen molar-refractivity contribution in [1.82, 2.24) is 47.4 Å². The number of likely N-dealkylation sites (tertiary alicyclic amines) is 1. The fourth-order valence-electron chi connectivity index (χ4n) is 9.18. The Morgan fingerprint density at radius 2 is 0.978 bits per heavy atom. The Balaban J connectivity index is 1.92. The van der Waals surface area contributed by atoms with Gasteiger partial charge in [0.15, 0.2) is 6.04 Å². The minimum atomic E-state index is -2.09. The summed E-state index contributed by atoms with van der Waals surface area (Å²) in [6.07, 6.45) is -3.85. The quantitative estimate of drug-likeness (QED) is 0.0300. The van der Waals surface area contributed by atoms with Crippen LogP contribution in [0.1, 0.15) is 96.1 Å². The molecule has 12 amide bonds. The molecule has 2 aromatic carbocycles. The zero-order chi connectivity index (χ0) is 66.8. The lowest BCUT2D eigenvalue weighted by Gasteiger charge is -2.31. The van der Waals surface area contributed by atoms with Crippen molar-refractivity contribution in [2.24, 2.45) is 28.9 Å². The standard InChI is InChI=1S/C56H81N13O19S/c1-27(2)22-40(55(86)69-20-5-6-41(69)54(85)62-35(19-21-89-4)49(80)64-37(24-30-9-13-32(72)14-10-30)53(84)68-46(28(3)70)56(87)88)67-51(82)38(25-44(60)75)65-52(83)39(26-45(76)77)66-50(81)36(23-29-7-11-31(71)12-8-29)63-48(79)34(16-18-43(59)74)61-47(78)33(57)15-17-42(58)73/h7-14,27-28,33-41,46,70-72H,5-6,15-26,57H2,1-4H3,(H2,58,73)(H2,59,74)(H2,60,75)(H,61,78)(H,62,85)(H,63,79)(H,64,80)(H,65,83)(H,66,81)(H,67,82)(H,68,84)(H,76,77)(H,87,88)/t28-,33+,34+,35+,36+,37+,38+,39+,40+,41+,46+/m1/s1. The molecule has 0 aromatic heterocycles. The van der Waals surface area contributed by atoms with Gasteiger partial charge in [-0.1, -0.05) is 38.1 Å². The number of primary amides is 3. The molecule has 32 nitrogen and oxygen atoms in total. The molecular formula is C56H81N13O19S. The number of aliphatic hydroxyl groups is 1. The van der Waals surface area contributed by atoms with Crippen LogP contribution in [0.5, 0.6) is 11.5 Å². The van der Waals surface area contributed by atoms with Gasteiger partial charge in [-0.2, -0.15) is 11.8 Å². The van der Waals surface area contributed by atoms with Crippen LogP contribution >= 0.6 is 11.8 Å². The molecule has 0 bridgehead atoms. The summed E-state index contributed by atoms with van der Waals surface area (Å²) in [7, 11) is 0. The van der Waals surface area contributed by atoms with E-state index in [0.29, 0.717) is 11.3 Å². The van der Waals surface area contributed by atoms with Gasteiger partial charge in [-0.25, -0.2) is 4.79 Å². The molecule has 21 N–H and O–H groups in total. The molecule has 490 valence electrons. The molecule has 1 heterocycles. The van der Waals surface area contributed by atoms with Crippen LogP contribution in [0, 0.1) is 5.92 Å². The van der Waals surface area contributed by atoms with Crippen LogP contribution in [0.25, 0.3) is 0 Å². The minimum absolute atomic E-state index is 0.00897. The van der Waals surface area contributed by atoms with Crippen molar-refractivity contribution < 1.29 is 92.7 Å². The van der Waals surface area contributed by atoms with Crippen molar-refractivity contribution in [1.29, 1.82) is 0 Å². The Bertz CT molecular complexity index is 2860. The minimum Gasteiger partial charge on any atom is -0.508 e. The number of nitrogens with two attached hydrogens (primary N) is 4. The highest BCUT2D eigenvalue weighted by Crippen LogP contribution is 2.22. The van der Waals surface area contributed by atoms with Gasteiger partial charge >= 0.3 is 11.9 Å². The number of phenols is 2. The van der Waals surface area contributed by atoms with E-state index in [4.69, 9.17) is 22.9 Å². The Labute approximate surface area is 515 Å².